The normalized spacial score (nSPS) is 17.2. The molecule has 0 bridgehead atoms. The minimum Gasteiger partial charge on any atom is -0.298 e. The van der Waals surface area contributed by atoms with Crippen molar-refractivity contribution in [1.29, 1.82) is 0 Å². The smallest absolute Gasteiger partial charge is 0.149 e. The molecule has 0 aliphatic heterocycles. The molecular formula is C12H11Br2FO. The van der Waals surface area contributed by atoms with Crippen LogP contribution < -0.4 is 0 Å². The number of carbonyl (C=O) groups excluding carboxylic acids is 1. The Morgan fingerprint density at radius 1 is 1.50 bits per heavy atom. The molecule has 0 heterocycles. The second kappa shape index (κ2) is 4.96. The van der Waals surface area contributed by atoms with Gasteiger partial charge in [0.2, 0.25) is 0 Å². The third kappa shape index (κ3) is 2.92. The van der Waals surface area contributed by atoms with Crippen LogP contribution in [0.3, 0.4) is 0 Å². The van der Waals surface area contributed by atoms with Crippen LogP contribution in [0, 0.1) is 11.7 Å². The van der Waals surface area contributed by atoms with Gasteiger partial charge < -0.3 is 0 Å². The van der Waals surface area contributed by atoms with Crippen molar-refractivity contribution in [2.24, 2.45) is 5.92 Å². The zero-order chi connectivity index (χ0) is 11.7. The van der Waals surface area contributed by atoms with Crippen molar-refractivity contribution < 1.29 is 9.18 Å². The molecule has 1 atom stereocenters. The van der Waals surface area contributed by atoms with Crippen molar-refractivity contribution >= 4 is 37.6 Å². The molecule has 1 fully saturated rings. The number of alkyl halides is 1. The molecule has 86 valence electrons. The van der Waals surface area contributed by atoms with Crippen LogP contribution >= 0.6 is 31.9 Å². The summed E-state index contributed by atoms with van der Waals surface area (Å²) < 4.78 is 14.3. The number of rotatable bonds is 4. The third-order valence-electron chi connectivity index (χ3n) is 2.70. The Bertz CT molecular complexity index is 415. The predicted molar refractivity (Wildman–Crippen MR) is 68.3 cm³/mol. The molecule has 1 aliphatic carbocycles. The Morgan fingerprint density at radius 2 is 2.19 bits per heavy atom. The molecule has 2 rings (SSSR count). The van der Waals surface area contributed by atoms with E-state index in [4.69, 9.17) is 0 Å². The second-order valence-electron chi connectivity index (χ2n) is 4.08. The van der Waals surface area contributed by atoms with Crippen LogP contribution in [0.1, 0.15) is 18.4 Å². The van der Waals surface area contributed by atoms with Crippen molar-refractivity contribution in [3.8, 4) is 0 Å². The van der Waals surface area contributed by atoms with Crippen molar-refractivity contribution in [2.75, 3.05) is 0 Å². The van der Waals surface area contributed by atoms with Gasteiger partial charge in [-0.25, -0.2) is 4.39 Å². The number of hydrogen-bond donors (Lipinski definition) is 0. The van der Waals surface area contributed by atoms with Crippen molar-refractivity contribution in [1.82, 2.24) is 0 Å². The van der Waals surface area contributed by atoms with Crippen LogP contribution in [0.25, 0.3) is 0 Å². The molecule has 0 saturated heterocycles. The lowest BCUT2D eigenvalue weighted by molar-refractivity contribution is -0.119. The lowest BCUT2D eigenvalue weighted by atomic mass is 10.0. The SMILES string of the molecule is O=C(C(Br)Cc1cc(Br)ccc1F)C1CC1. The van der Waals surface area contributed by atoms with Crippen LogP contribution in [-0.2, 0) is 11.2 Å². The molecule has 0 amide bonds. The summed E-state index contributed by atoms with van der Waals surface area (Å²) >= 11 is 6.65. The molecule has 1 aromatic carbocycles. The molecule has 0 spiro atoms. The van der Waals surface area contributed by atoms with Crippen LogP contribution in [-0.4, -0.2) is 10.6 Å². The maximum absolute atomic E-state index is 13.5. The van der Waals surface area contributed by atoms with E-state index in [-0.39, 0.29) is 22.3 Å². The van der Waals surface area contributed by atoms with E-state index in [1.807, 2.05) is 0 Å². The molecular weight excluding hydrogens is 339 g/mol. The van der Waals surface area contributed by atoms with E-state index < -0.39 is 0 Å². The van der Waals surface area contributed by atoms with Crippen LogP contribution in [0.15, 0.2) is 22.7 Å². The average Bonchev–Trinajstić information content (AvgIpc) is 3.06. The first-order valence-corrected chi connectivity index (χ1v) is 6.90. The van der Waals surface area contributed by atoms with E-state index in [1.54, 1.807) is 12.1 Å². The van der Waals surface area contributed by atoms with Crippen molar-refractivity contribution in [3.05, 3.63) is 34.1 Å². The molecule has 1 saturated carbocycles. The van der Waals surface area contributed by atoms with Crippen molar-refractivity contribution in [2.45, 2.75) is 24.1 Å². The zero-order valence-corrected chi connectivity index (χ0v) is 11.7. The highest BCUT2D eigenvalue weighted by Gasteiger charge is 2.33. The van der Waals surface area contributed by atoms with Gasteiger partial charge >= 0.3 is 0 Å². The van der Waals surface area contributed by atoms with Crippen molar-refractivity contribution in [3.63, 3.8) is 0 Å². The maximum atomic E-state index is 13.5. The fourth-order valence-electron chi connectivity index (χ4n) is 1.62. The second-order valence-corrected chi connectivity index (χ2v) is 6.11. The summed E-state index contributed by atoms with van der Waals surface area (Å²) in [7, 11) is 0. The van der Waals surface area contributed by atoms with Gasteiger partial charge in [-0.15, -0.1) is 0 Å². The summed E-state index contributed by atoms with van der Waals surface area (Å²) in [6, 6.07) is 4.80. The largest absolute Gasteiger partial charge is 0.298 e. The van der Waals surface area contributed by atoms with E-state index >= 15 is 0 Å². The fraction of sp³-hybridized carbons (Fsp3) is 0.417. The zero-order valence-electron chi connectivity index (χ0n) is 8.55. The number of Topliss-reactive ketones (excluding diaryl/α,β-unsaturated/α-hetero) is 1. The summed E-state index contributed by atoms with van der Waals surface area (Å²) in [5.41, 5.74) is 0.574. The minimum absolute atomic E-state index is 0.208. The highest BCUT2D eigenvalue weighted by Crippen LogP contribution is 2.33. The average molecular weight is 350 g/mol. The number of halogens is 3. The van der Waals surface area contributed by atoms with Crippen LogP contribution in [0.4, 0.5) is 4.39 Å². The first-order valence-electron chi connectivity index (χ1n) is 5.19. The molecule has 1 aromatic rings. The first-order chi connectivity index (χ1) is 7.58. The Hall–Kier alpha value is -0.220. The van der Waals surface area contributed by atoms with Gasteiger partial charge in [0.25, 0.3) is 0 Å². The molecule has 1 nitrogen and oxygen atoms in total. The molecule has 0 aromatic heterocycles. The van der Waals surface area contributed by atoms with Crippen LogP contribution in [0.2, 0.25) is 0 Å². The lowest BCUT2D eigenvalue weighted by Gasteiger charge is -2.09. The summed E-state index contributed by atoms with van der Waals surface area (Å²) in [6.07, 6.45) is 2.39. The van der Waals surface area contributed by atoms with Gasteiger partial charge in [0, 0.05) is 10.4 Å². The predicted octanol–water partition coefficient (Wildman–Crippen LogP) is 3.87. The van der Waals surface area contributed by atoms with E-state index in [2.05, 4.69) is 31.9 Å². The summed E-state index contributed by atoms with van der Waals surface area (Å²) in [5.74, 6) is 0.162. The number of ketones is 1. The molecule has 0 radical (unpaired) electrons. The van der Waals surface area contributed by atoms with Gasteiger partial charge in [-0.1, -0.05) is 31.9 Å². The summed E-state index contributed by atoms with van der Waals surface area (Å²) in [6.45, 7) is 0. The summed E-state index contributed by atoms with van der Waals surface area (Å²) in [5, 5.41) is 0. The Kier molecular flexibility index (Phi) is 3.80. The van der Waals surface area contributed by atoms with E-state index in [1.165, 1.54) is 6.07 Å². The molecule has 1 aliphatic rings. The maximum Gasteiger partial charge on any atom is 0.149 e. The molecule has 16 heavy (non-hydrogen) atoms. The molecule has 4 heteroatoms. The highest BCUT2D eigenvalue weighted by atomic mass is 79.9. The van der Waals surface area contributed by atoms with E-state index in [0.717, 1.165) is 17.3 Å². The van der Waals surface area contributed by atoms with Gasteiger partial charge in [0.1, 0.15) is 11.6 Å². The molecule has 0 N–H and O–H groups in total. The number of benzene rings is 1. The monoisotopic (exact) mass is 348 g/mol. The van der Waals surface area contributed by atoms with Gasteiger partial charge in [-0.3, -0.25) is 4.79 Å². The first kappa shape index (κ1) is 12.2. The Balaban J connectivity index is 2.07. The quantitative estimate of drug-likeness (QED) is 0.754. The highest BCUT2D eigenvalue weighted by molar-refractivity contribution is 9.10. The van der Waals surface area contributed by atoms with Gasteiger partial charge in [-0.05, 0) is 43.0 Å². The topological polar surface area (TPSA) is 17.1 Å². The van der Waals surface area contributed by atoms with Gasteiger partial charge in [-0.2, -0.15) is 0 Å². The fourth-order valence-corrected chi connectivity index (χ4v) is 2.75. The third-order valence-corrected chi connectivity index (χ3v) is 3.96. The summed E-state index contributed by atoms with van der Waals surface area (Å²) in [4.78, 5) is 11.5. The molecule has 1 unspecified atom stereocenters. The Labute approximate surface area is 111 Å². The van der Waals surface area contributed by atoms with E-state index in [0.29, 0.717) is 12.0 Å². The number of hydrogen-bond acceptors (Lipinski definition) is 1. The van der Waals surface area contributed by atoms with E-state index in [9.17, 15) is 9.18 Å². The van der Waals surface area contributed by atoms with Gasteiger partial charge in [0.05, 0.1) is 4.83 Å². The minimum atomic E-state index is -0.260. The number of carbonyl (C=O) groups is 1. The van der Waals surface area contributed by atoms with Gasteiger partial charge in [0.15, 0.2) is 0 Å². The Morgan fingerprint density at radius 3 is 2.81 bits per heavy atom. The van der Waals surface area contributed by atoms with Crippen LogP contribution in [0.5, 0.6) is 0 Å². The lowest BCUT2D eigenvalue weighted by Crippen LogP contribution is -2.18. The standard InChI is InChI=1S/C12H11Br2FO/c13-9-3-4-11(15)8(5-9)6-10(14)12(16)7-1-2-7/h3-5,7,10H,1-2,6H2.